The van der Waals surface area contributed by atoms with Gasteiger partial charge in [0.2, 0.25) is 0 Å². The number of rotatable bonds is 9. The molecule has 0 bridgehead atoms. The molecule has 1 unspecified atom stereocenters. The number of β-lactam (4-membered cyclic amide) rings is 1. The second kappa shape index (κ2) is 8.83. The number of hydrogen-bond acceptors (Lipinski definition) is 9. The van der Waals surface area contributed by atoms with E-state index >= 15 is 0 Å². The monoisotopic (exact) mass is 467 g/mol. The number of para-hydroxylation sites is 1. The fourth-order valence-corrected chi connectivity index (χ4v) is 4.24. The van der Waals surface area contributed by atoms with Crippen molar-refractivity contribution < 1.29 is 31.7 Å². The third-order valence-electron chi connectivity index (χ3n) is 4.78. The van der Waals surface area contributed by atoms with Gasteiger partial charge in [0.1, 0.15) is 5.69 Å². The van der Waals surface area contributed by atoms with E-state index < -0.39 is 33.5 Å². The summed E-state index contributed by atoms with van der Waals surface area (Å²) in [6.45, 7) is 4.97. The Morgan fingerprint density at radius 2 is 2.00 bits per heavy atom. The van der Waals surface area contributed by atoms with Gasteiger partial charge < -0.3 is 4.84 Å². The average Bonchev–Trinajstić information content (AvgIpc) is 3.19. The van der Waals surface area contributed by atoms with Crippen LogP contribution in [0.5, 0.6) is 5.75 Å². The predicted molar refractivity (Wildman–Crippen MR) is 112 cm³/mol. The van der Waals surface area contributed by atoms with Crippen LogP contribution in [0, 0.1) is 5.92 Å². The first-order valence-electron chi connectivity index (χ1n) is 9.32. The van der Waals surface area contributed by atoms with Crippen LogP contribution in [-0.2, 0) is 30.7 Å². The second-order valence-corrected chi connectivity index (χ2v) is 9.24. The van der Waals surface area contributed by atoms with Gasteiger partial charge >= 0.3 is 10.4 Å². The third kappa shape index (κ3) is 5.15. The van der Waals surface area contributed by atoms with Crippen molar-refractivity contribution in [1.82, 2.24) is 10.0 Å². The Morgan fingerprint density at radius 3 is 2.55 bits per heavy atom. The zero-order chi connectivity index (χ0) is 22.8. The molecule has 0 saturated carbocycles. The molecule has 1 aliphatic rings. The third-order valence-corrected chi connectivity index (χ3v) is 6.11. The molecule has 2 heterocycles. The quantitative estimate of drug-likeness (QED) is 0.257. The van der Waals surface area contributed by atoms with Crippen LogP contribution in [0.3, 0.4) is 0 Å². The first kappa shape index (κ1) is 23.0. The number of aromatic nitrogens is 1. The highest BCUT2D eigenvalue weighted by Gasteiger charge is 2.57. The highest BCUT2D eigenvalue weighted by molar-refractivity contribution is 7.80. The van der Waals surface area contributed by atoms with Crippen LogP contribution in [-0.4, -0.2) is 46.0 Å². The van der Waals surface area contributed by atoms with Crippen LogP contribution in [0.25, 0.3) is 0 Å². The Morgan fingerprint density at radius 1 is 1.32 bits per heavy atom. The van der Waals surface area contributed by atoms with Crippen molar-refractivity contribution in [1.29, 1.82) is 0 Å². The number of amides is 1. The summed E-state index contributed by atoms with van der Waals surface area (Å²) >= 11 is 1.37. The molecule has 2 aromatic rings. The number of aryl methyl sites for hydroxylation is 1. The zero-order valence-corrected chi connectivity index (χ0v) is 18.6. The van der Waals surface area contributed by atoms with Crippen molar-refractivity contribution in [3.05, 3.63) is 46.4 Å². The lowest BCUT2D eigenvalue weighted by Gasteiger charge is -2.50. The van der Waals surface area contributed by atoms with Gasteiger partial charge in [0.25, 0.3) is 5.91 Å². The van der Waals surface area contributed by atoms with E-state index in [1.54, 1.807) is 35.7 Å². The van der Waals surface area contributed by atoms with Crippen LogP contribution in [0.15, 0.2) is 40.9 Å². The number of oxime groups is 1. The van der Waals surface area contributed by atoms with Gasteiger partial charge in [-0.3, -0.25) is 14.1 Å². The van der Waals surface area contributed by atoms with E-state index in [1.165, 1.54) is 25.2 Å². The lowest BCUT2D eigenvalue weighted by molar-refractivity contribution is -0.228. The van der Waals surface area contributed by atoms with Crippen molar-refractivity contribution in [3.63, 3.8) is 0 Å². The summed E-state index contributed by atoms with van der Waals surface area (Å²) in [4.78, 5) is 35.2. The maximum absolute atomic E-state index is 13.1. The van der Waals surface area contributed by atoms with Crippen molar-refractivity contribution in [3.8, 4) is 5.75 Å². The van der Waals surface area contributed by atoms with E-state index in [4.69, 9.17) is 9.39 Å². The molecule has 1 N–H and O–H groups in total. The normalized spacial score (nSPS) is 18.6. The molecular weight excluding hydrogens is 446 g/mol. The SMILES string of the molecule is CCc1nc(/C(=N/Oc2ccccc2)C(=O)CC2C(=O)N(OS(=O)(=O)O)C2(C)C)cs1. The van der Waals surface area contributed by atoms with Gasteiger partial charge in [-0.05, 0) is 32.4 Å². The summed E-state index contributed by atoms with van der Waals surface area (Å²) in [5.41, 5.74) is -0.860. The summed E-state index contributed by atoms with van der Waals surface area (Å²) in [6.07, 6.45) is 0.412. The minimum Gasteiger partial charge on any atom is -0.356 e. The van der Waals surface area contributed by atoms with E-state index in [0.717, 1.165) is 5.01 Å². The summed E-state index contributed by atoms with van der Waals surface area (Å²) in [5, 5.41) is 7.03. The molecule has 1 fully saturated rings. The van der Waals surface area contributed by atoms with Crippen LogP contribution in [0.2, 0.25) is 0 Å². The maximum atomic E-state index is 13.1. The van der Waals surface area contributed by atoms with E-state index in [9.17, 15) is 18.0 Å². The lowest BCUT2D eigenvalue weighted by Crippen LogP contribution is -2.68. The molecule has 0 spiro atoms. The molecule has 1 atom stereocenters. The number of Topliss-reactive ketones (excluding diaryl/α,β-unsaturated/α-hetero) is 1. The first-order valence-corrected chi connectivity index (χ1v) is 11.6. The summed E-state index contributed by atoms with van der Waals surface area (Å²) in [6, 6.07) is 8.66. The number of hydroxylamine groups is 2. The molecule has 0 aliphatic carbocycles. The topological polar surface area (TPSA) is 135 Å². The van der Waals surface area contributed by atoms with Gasteiger partial charge in [-0.1, -0.05) is 30.3 Å². The molecule has 0 radical (unpaired) electrons. The molecular formula is C19H21N3O7S2. The van der Waals surface area contributed by atoms with Gasteiger partial charge in [0.05, 0.1) is 16.5 Å². The maximum Gasteiger partial charge on any atom is 0.418 e. The van der Waals surface area contributed by atoms with Crippen molar-refractivity contribution in [2.45, 2.75) is 39.2 Å². The Labute approximate surface area is 183 Å². The largest absolute Gasteiger partial charge is 0.418 e. The number of nitrogens with zero attached hydrogens (tertiary/aromatic N) is 3. The fraction of sp³-hybridized carbons (Fsp3) is 0.368. The molecule has 1 amide bonds. The van der Waals surface area contributed by atoms with Gasteiger partial charge in [-0.15, -0.1) is 15.6 Å². The number of carbonyl (C=O) groups is 2. The van der Waals surface area contributed by atoms with Crippen LogP contribution >= 0.6 is 11.3 Å². The minimum atomic E-state index is -4.87. The van der Waals surface area contributed by atoms with Crippen LogP contribution < -0.4 is 4.84 Å². The highest BCUT2D eigenvalue weighted by atomic mass is 32.3. The summed E-state index contributed by atoms with van der Waals surface area (Å²) in [7, 11) is -4.87. The highest BCUT2D eigenvalue weighted by Crippen LogP contribution is 2.40. The Bertz CT molecular complexity index is 1110. The van der Waals surface area contributed by atoms with Crippen molar-refractivity contribution in [2.24, 2.45) is 11.1 Å². The predicted octanol–water partition coefficient (Wildman–Crippen LogP) is 2.42. The van der Waals surface area contributed by atoms with Crippen LogP contribution in [0.4, 0.5) is 0 Å². The number of thiazole rings is 1. The summed E-state index contributed by atoms with van der Waals surface area (Å²) in [5.74, 6) is -1.70. The zero-order valence-electron chi connectivity index (χ0n) is 17.0. The van der Waals surface area contributed by atoms with Gasteiger partial charge in [-0.2, -0.15) is 13.5 Å². The summed E-state index contributed by atoms with van der Waals surface area (Å²) < 4.78 is 35.1. The molecule has 1 saturated heterocycles. The van der Waals surface area contributed by atoms with Gasteiger partial charge in [-0.25, -0.2) is 4.98 Å². The van der Waals surface area contributed by atoms with Gasteiger partial charge in [0.15, 0.2) is 17.2 Å². The average molecular weight is 468 g/mol. The molecule has 3 rings (SSSR count). The molecule has 12 heteroatoms. The molecule has 1 aliphatic heterocycles. The molecule has 1 aromatic carbocycles. The standard InChI is InChI=1S/C19H21N3O7S2/c1-4-16-20-14(11-30-16)17(21-28-12-8-6-5-7-9-12)15(23)10-13-18(24)22(19(13,2)3)29-31(25,26)27/h5-9,11,13H,4,10H2,1-3H3,(H,25,26,27)/b21-17-. The Balaban J connectivity index is 1.82. The number of hydrogen-bond donors (Lipinski definition) is 1. The smallest absolute Gasteiger partial charge is 0.356 e. The fourth-order valence-electron chi connectivity index (χ4n) is 3.05. The molecule has 31 heavy (non-hydrogen) atoms. The van der Waals surface area contributed by atoms with Crippen LogP contribution in [0.1, 0.15) is 37.9 Å². The Kier molecular flexibility index (Phi) is 6.55. The second-order valence-electron chi connectivity index (χ2n) is 7.29. The van der Waals surface area contributed by atoms with Crippen molar-refractivity contribution >= 4 is 39.1 Å². The molecule has 10 nitrogen and oxygen atoms in total. The van der Waals surface area contributed by atoms with E-state index in [2.05, 4.69) is 14.4 Å². The number of benzene rings is 1. The first-order chi connectivity index (χ1) is 14.5. The van der Waals surface area contributed by atoms with E-state index in [-0.39, 0.29) is 12.1 Å². The van der Waals surface area contributed by atoms with E-state index in [0.29, 0.717) is 22.9 Å². The lowest BCUT2D eigenvalue weighted by atomic mass is 9.74. The molecule has 166 valence electrons. The van der Waals surface area contributed by atoms with Crippen molar-refractivity contribution in [2.75, 3.05) is 0 Å². The number of carbonyl (C=O) groups excluding carboxylic acids is 2. The van der Waals surface area contributed by atoms with Gasteiger partial charge in [0, 0.05) is 11.8 Å². The minimum absolute atomic E-state index is 0.0439. The molecule has 1 aromatic heterocycles. The Hall–Kier alpha value is -2.67. The van der Waals surface area contributed by atoms with E-state index in [1.807, 2.05) is 6.92 Å². The number of ketones is 1.